The summed E-state index contributed by atoms with van der Waals surface area (Å²) in [5.74, 6) is -0.435. The average molecular weight is 513 g/mol. The van der Waals surface area contributed by atoms with Gasteiger partial charge in [-0.05, 0) is 47.9 Å². The van der Waals surface area contributed by atoms with Crippen LogP contribution in [0.25, 0.3) is 0 Å². The van der Waals surface area contributed by atoms with Gasteiger partial charge in [-0.15, -0.1) is 0 Å². The van der Waals surface area contributed by atoms with Crippen molar-refractivity contribution in [2.75, 3.05) is 25.1 Å². The van der Waals surface area contributed by atoms with Crippen LogP contribution in [-0.4, -0.2) is 36.6 Å². The molecule has 2 heterocycles. The molecule has 2 aromatic carbocycles. The average Bonchev–Trinajstić information content (AvgIpc) is 3.38. The Morgan fingerprint density at radius 2 is 1.76 bits per heavy atom. The van der Waals surface area contributed by atoms with E-state index in [1.807, 2.05) is 6.07 Å². The normalized spacial score (nSPS) is 17.3. The Kier molecular flexibility index (Phi) is 8.08. The van der Waals surface area contributed by atoms with Gasteiger partial charge in [0.15, 0.2) is 0 Å². The molecule has 194 valence electrons. The van der Waals surface area contributed by atoms with Gasteiger partial charge >= 0.3 is 6.18 Å². The highest BCUT2D eigenvalue weighted by Gasteiger charge is 2.42. The quantitative estimate of drug-likeness (QED) is 0.399. The van der Waals surface area contributed by atoms with Crippen molar-refractivity contribution in [3.63, 3.8) is 0 Å². The third-order valence-electron chi connectivity index (χ3n) is 6.21. The number of halogens is 3. The van der Waals surface area contributed by atoms with Crippen LogP contribution in [0.1, 0.15) is 23.1 Å². The Hall–Kier alpha value is -3.92. The Morgan fingerprint density at radius 3 is 2.43 bits per heavy atom. The van der Waals surface area contributed by atoms with E-state index >= 15 is 0 Å². The van der Waals surface area contributed by atoms with Gasteiger partial charge in [-0.25, -0.2) is 0 Å². The molecule has 1 atom stereocenters. The Bertz CT molecular complexity index is 1210. The van der Waals surface area contributed by atoms with E-state index < -0.39 is 17.2 Å². The largest absolute Gasteiger partial charge is 0.418 e. The molecule has 37 heavy (non-hydrogen) atoms. The second kappa shape index (κ2) is 11.4. The van der Waals surface area contributed by atoms with Crippen LogP contribution in [0.5, 0.6) is 0 Å². The minimum atomic E-state index is -4.47. The molecule has 7 nitrogen and oxygen atoms in total. The number of aromatic nitrogens is 1. The summed E-state index contributed by atoms with van der Waals surface area (Å²) < 4.78 is 45.2. The molecule has 1 fully saturated rings. The van der Waals surface area contributed by atoms with E-state index in [2.05, 4.69) is 20.9 Å². The van der Waals surface area contributed by atoms with Crippen LogP contribution in [0.4, 0.5) is 24.5 Å². The van der Waals surface area contributed by atoms with E-state index in [-0.39, 0.29) is 43.6 Å². The van der Waals surface area contributed by atoms with E-state index in [4.69, 9.17) is 4.74 Å². The number of rotatable bonds is 9. The highest BCUT2D eigenvalue weighted by molar-refractivity contribution is 5.85. The third-order valence-corrected chi connectivity index (χ3v) is 6.21. The van der Waals surface area contributed by atoms with Gasteiger partial charge in [-0.2, -0.15) is 13.2 Å². The molecule has 0 spiro atoms. The molecule has 3 N–H and O–H groups in total. The van der Waals surface area contributed by atoms with E-state index in [1.54, 1.807) is 42.7 Å². The molecule has 0 radical (unpaired) electrons. The van der Waals surface area contributed by atoms with Gasteiger partial charge in [0.25, 0.3) is 0 Å². The van der Waals surface area contributed by atoms with Crippen LogP contribution >= 0.6 is 0 Å². The first-order chi connectivity index (χ1) is 17.7. The number of alkyl halides is 3. The molecule has 0 saturated carbocycles. The molecule has 1 aliphatic rings. The molecule has 1 aromatic heterocycles. The number of benzene rings is 2. The zero-order chi connectivity index (χ0) is 26.3. The minimum Gasteiger partial charge on any atom is -0.380 e. The molecule has 0 unspecified atom stereocenters. The van der Waals surface area contributed by atoms with Crippen molar-refractivity contribution in [3.8, 4) is 0 Å². The van der Waals surface area contributed by atoms with Gasteiger partial charge in [0.05, 0.1) is 29.7 Å². The predicted octanol–water partition coefficient (Wildman–Crippen LogP) is 4.23. The van der Waals surface area contributed by atoms with Gasteiger partial charge in [-0.3, -0.25) is 14.6 Å². The van der Waals surface area contributed by atoms with Crippen LogP contribution in [0, 0.1) is 5.41 Å². The first-order valence-electron chi connectivity index (χ1n) is 11.8. The SMILES string of the molecule is O=C(Cc1cccnc1)NC[C@@]1(C(=O)NCc2ccc(Nc3ccccc3C(F)(F)F)cc2)CCOC1. The molecule has 1 saturated heterocycles. The molecular weight excluding hydrogens is 485 g/mol. The van der Waals surface area contributed by atoms with Crippen molar-refractivity contribution in [1.29, 1.82) is 0 Å². The maximum absolute atomic E-state index is 13.2. The fraction of sp³-hybridized carbons (Fsp3) is 0.296. The van der Waals surface area contributed by atoms with Crippen LogP contribution in [0.2, 0.25) is 0 Å². The van der Waals surface area contributed by atoms with Crippen molar-refractivity contribution >= 4 is 23.2 Å². The molecule has 4 rings (SSSR count). The van der Waals surface area contributed by atoms with Gasteiger partial charge < -0.3 is 20.7 Å². The molecule has 1 aliphatic heterocycles. The number of hydrogen-bond acceptors (Lipinski definition) is 5. The number of hydrogen-bond donors (Lipinski definition) is 3. The van der Waals surface area contributed by atoms with Gasteiger partial charge in [-0.1, -0.05) is 30.3 Å². The molecule has 0 bridgehead atoms. The number of carbonyl (C=O) groups excluding carboxylic acids is 2. The second-order valence-electron chi connectivity index (χ2n) is 8.95. The lowest BCUT2D eigenvalue weighted by Crippen LogP contribution is -2.49. The smallest absolute Gasteiger partial charge is 0.380 e. The van der Waals surface area contributed by atoms with Crippen LogP contribution in [-0.2, 0) is 33.5 Å². The molecule has 0 aliphatic carbocycles. The Balaban J connectivity index is 1.32. The van der Waals surface area contributed by atoms with E-state index in [9.17, 15) is 22.8 Å². The summed E-state index contributed by atoms with van der Waals surface area (Å²) in [6.45, 7) is 1.00. The zero-order valence-electron chi connectivity index (χ0n) is 20.0. The van der Waals surface area contributed by atoms with Crippen molar-refractivity contribution in [2.24, 2.45) is 5.41 Å². The number of anilines is 2. The number of amides is 2. The van der Waals surface area contributed by atoms with Gasteiger partial charge in [0, 0.05) is 37.8 Å². The fourth-order valence-electron chi connectivity index (χ4n) is 4.09. The fourth-order valence-corrected chi connectivity index (χ4v) is 4.09. The van der Waals surface area contributed by atoms with Gasteiger partial charge in [0.2, 0.25) is 11.8 Å². The van der Waals surface area contributed by atoms with Crippen LogP contribution in [0.3, 0.4) is 0 Å². The summed E-state index contributed by atoms with van der Waals surface area (Å²) in [5.41, 5.74) is 0.392. The number of nitrogens with zero attached hydrogens (tertiary/aromatic N) is 1. The summed E-state index contributed by atoms with van der Waals surface area (Å²) >= 11 is 0. The monoisotopic (exact) mass is 512 g/mol. The molecular formula is C27H27F3N4O3. The standard InChI is InChI=1S/C27H27F3N4O3/c28-27(29,30)22-5-1-2-6-23(22)34-21-9-7-19(8-10-21)16-32-25(36)26(11-13-37-18-26)17-33-24(35)14-20-4-3-12-31-15-20/h1-10,12,15,34H,11,13-14,16-18H2,(H,32,36)(H,33,35)/t26-/m0/s1. The molecule has 3 aromatic rings. The van der Waals surface area contributed by atoms with Crippen LogP contribution < -0.4 is 16.0 Å². The lowest BCUT2D eigenvalue weighted by atomic mass is 9.86. The Labute approximate surface area is 212 Å². The highest BCUT2D eigenvalue weighted by atomic mass is 19.4. The highest BCUT2D eigenvalue weighted by Crippen LogP contribution is 2.36. The Morgan fingerprint density at radius 1 is 0.973 bits per heavy atom. The summed E-state index contributed by atoms with van der Waals surface area (Å²) in [7, 11) is 0. The lowest BCUT2D eigenvalue weighted by molar-refractivity contribution is -0.137. The zero-order valence-corrected chi connectivity index (χ0v) is 20.0. The first-order valence-corrected chi connectivity index (χ1v) is 11.8. The topological polar surface area (TPSA) is 92.4 Å². The van der Waals surface area contributed by atoms with E-state index in [1.165, 1.54) is 18.2 Å². The maximum Gasteiger partial charge on any atom is 0.418 e. The maximum atomic E-state index is 13.2. The summed E-state index contributed by atoms with van der Waals surface area (Å²) in [5, 5.41) is 8.55. The van der Waals surface area contributed by atoms with Crippen molar-refractivity contribution < 1.29 is 27.5 Å². The van der Waals surface area contributed by atoms with Crippen molar-refractivity contribution in [3.05, 3.63) is 89.7 Å². The van der Waals surface area contributed by atoms with E-state index in [0.29, 0.717) is 18.7 Å². The third kappa shape index (κ3) is 6.85. The summed E-state index contributed by atoms with van der Waals surface area (Å²) in [4.78, 5) is 29.4. The lowest BCUT2D eigenvalue weighted by Gasteiger charge is -2.26. The van der Waals surface area contributed by atoms with Crippen LogP contribution in [0.15, 0.2) is 73.1 Å². The predicted molar refractivity (Wildman–Crippen MR) is 132 cm³/mol. The number of pyridine rings is 1. The number of para-hydroxylation sites is 1. The first kappa shape index (κ1) is 26.2. The summed E-state index contributed by atoms with van der Waals surface area (Å²) in [6.07, 6.45) is -0.566. The number of ether oxygens (including phenoxy) is 1. The number of nitrogens with one attached hydrogen (secondary N) is 3. The minimum absolute atomic E-state index is 0.0372. The van der Waals surface area contributed by atoms with E-state index in [0.717, 1.165) is 17.2 Å². The van der Waals surface area contributed by atoms with Crippen molar-refractivity contribution in [1.82, 2.24) is 15.6 Å². The number of carbonyl (C=O) groups is 2. The van der Waals surface area contributed by atoms with Gasteiger partial charge in [0.1, 0.15) is 0 Å². The second-order valence-corrected chi connectivity index (χ2v) is 8.95. The van der Waals surface area contributed by atoms with Crippen molar-refractivity contribution in [2.45, 2.75) is 25.6 Å². The molecule has 2 amide bonds. The summed E-state index contributed by atoms with van der Waals surface area (Å²) in [6, 6.07) is 15.6. The molecule has 10 heteroatoms.